The van der Waals surface area contributed by atoms with E-state index in [-0.39, 0.29) is 0 Å². The number of benzene rings is 1. The van der Waals surface area contributed by atoms with Gasteiger partial charge >= 0.3 is 0 Å². The summed E-state index contributed by atoms with van der Waals surface area (Å²) >= 11 is 0. The van der Waals surface area contributed by atoms with E-state index >= 15 is 0 Å². The van der Waals surface area contributed by atoms with E-state index in [0.29, 0.717) is 11.0 Å². The summed E-state index contributed by atoms with van der Waals surface area (Å²) in [5.74, 6) is 0. The van der Waals surface area contributed by atoms with Crippen LogP contribution in [0.2, 0.25) is 0 Å². The molecule has 0 saturated carbocycles. The molecule has 0 amide bonds. The predicted octanol–water partition coefficient (Wildman–Crippen LogP) is 0.900. The summed E-state index contributed by atoms with van der Waals surface area (Å²) in [6.45, 7) is 0. The first-order valence-corrected chi connectivity index (χ1v) is 3.86. The molecule has 0 saturated heterocycles. The average Bonchev–Trinajstić information content (AvgIpc) is 2.18. The Hall–Kier alpha value is -1.82. The first-order valence-electron chi connectivity index (χ1n) is 3.86. The van der Waals surface area contributed by atoms with Crippen molar-refractivity contribution in [3.8, 4) is 6.07 Å². The van der Waals surface area contributed by atoms with Crippen molar-refractivity contribution in [2.45, 2.75) is 0 Å². The third-order valence-corrected chi connectivity index (χ3v) is 1.93. The lowest BCUT2D eigenvalue weighted by molar-refractivity contribution is 1.41. The first-order chi connectivity index (χ1) is 6.33. The van der Waals surface area contributed by atoms with Crippen molar-refractivity contribution in [2.24, 2.45) is 0 Å². The van der Waals surface area contributed by atoms with Crippen molar-refractivity contribution in [2.75, 3.05) is 0 Å². The summed E-state index contributed by atoms with van der Waals surface area (Å²) < 4.78 is 0. The van der Waals surface area contributed by atoms with Gasteiger partial charge in [0.25, 0.3) is 0 Å². The zero-order valence-electron chi connectivity index (χ0n) is 6.86. The van der Waals surface area contributed by atoms with Crippen LogP contribution in [0.3, 0.4) is 0 Å². The van der Waals surface area contributed by atoms with Gasteiger partial charge in [-0.3, -0.25) is 4.98 Å². The van der Waals surface area contributed by atoms with Crippen molar-refractivity contribution < 1.29 is 0 Å². The van der Waals surface area contributed by atoms with Crippen LogP contribution in [-0.2, 0) is 0 Å². The fraction of sp³-hybridized carbons (Fsp3) is 0. The highest BCUT2D eigenvalue weighted by Crippen LogP contribution is 2.12. The lowest BCUT2D eigenvalue weighted by atomic mass is 9.89. The molecule has 0 aliphatic rings. The van der Waals surface area contributed by atoms with E-state index < -0.39 is 0 Å². The molecule has 0 aliphatic carbocycles. The summed E-state index contributed by atoms with van der Waals surface area (Å²) in [5, 5.41) is 9.67. The van der Waals surface area contributed by atoms with Gasteiger partial charge in [-0.2, -0.15) is 5.26 Å². The number of hydrogen-bond donors (Lipinski definition) is 0. The standard InChI is InChI=1S/C10H5BN2/c11-9-3-4-10-7(8(9)6-12)2-1-5-13-10/h1-5H. The van der Waals surface area contributed by atoms with E-state index in [9.17, 15) is 0 Å². The van der Waals surface area contributed by atoms with E-state index in [4.69, 9.17) is 13.1 Å². The minimum absolute atomic E-state index is 0.503. The molecule has 2 nitrogen and oxygen atoms in total. The van der Waals surface area contributed by atoms with Gasteiger partial charge in [0, 0.05) is 11.6 Å². The largest absolute Gasteiger partial charge is 0.256 e. The number of rotatable bonds is 0. The predicted molar refractivity (Wildman–Crippen MR) is 51.8 cm³/mol. The fourth-order valence-corrected chi connectivity index (χ4v) is 1.29. The van der Waals surface area contributed by atoms with Gasteiger partial charge in [-0.15, -0.1) is 0 Å². The van der Waals surface area contributed by atoms with Gasteiger partial charge in [0.2, 0.25) is 0 Å². The van der Waals surface area contributed by atoms with Crippen LogP contribution < -0.4 is 5.46 Å². The van der Waals surface area contributed by atoms with Gasteiger partial charge < -0.3 is 0 Å². The van der Waals surface area contributed by atoms with Crippen molar-refractivity contribution in [3.05, 3.63) is 36.0 Å². The zero-order valence-corrected chi connectivity index (χ0v) is 6.86. The number of hydrogen-bond acceptors (Lipinski definition) is 2. The van der Waals surface area contributed by atoms with Crippen LogP contribution >= 0.6 is 0 Å². The van der Waals surface area contributed by atoms with Crippen LogP contribution in [0.15, 0.2) is 30.5 Å². The van der Waals surface area contributed by atoms with Crippen LogP contribution in [0, 0.1) is 11.3 Å². The van der Waals surface area contributed by atoms with E-state index in [1.165, 1.54) is 0 Å². The molecule has 1 aromatic carbocycles. The molecular weight excluding hydrogens is 159 g/mol. The molecule has 1 heterocycles. The Morgan fingerprint density at radius 1 is 1.31 bits per heavy atom. The topological polar surface area (TPSA) is 36.7 Å². The van der Waals surface area contributed by atoms with E-state index in [1.54, 1.807) is 18.3 Å². The summed E-state index contributed by atoms with van der Waals surface area (Å²) in [7, 11) is 5.65. The molecule has 2 rings (SSSR count). The molecule has 0 unspecified atom stereocenters. The van der Waals surface area contributed by atoms with Gasteiger partial charge in [-0.1, -0.05) is 11.5 Å². The van der Waals surface area contributed by atoms with Gasteiger partial charge in [-0.05, 0) is 18.2 Å². The van der Waals surface area contributed by atoms with Crippen LogP contribution in [0.1, 0.15) is 5.56 Å². The molecule has 0 N–H and O–H groups in total. The number of pyridine rings is 1. The molecule has 0 aliphatic heterocycles. The lowest BCUT2D eigenvalue weighted by Crippen LogP contribution is -2.07. The molecule has 0 atom stereocenters. The number of nitrogens with zero attached hydrogens (tertiary/aromatic N) is 2. The van der Waals surface area contributed by atoms with Gasteiger partial charge in [-0.25, -0.2) is 0 Å². The number of nitriles is 1. The Kier molecular flexibility index (Phi) is 1.75. The number of aromatic nitrogens is 1. The zero-order chi connectivity index (χ0) is 9.26. The second-order valence-corrected chi connectivity index (χ2v) is 2.71. The average molecular weight is 164 g/mol. The summed E-state index contributed by atoms with van der Waals surface area (Å²) in [6, 6.07) is 9.23. The van der Waals surface area contributed by atoms with Crippen LogP contribution in [0.4, 0.5) is 0 Å². The third kappa shape index (κ3) is 1.17. The third-order valence-electron chi connectivity index (χ3n) is 1.93. The van der Waals surface area contributed by atoms with E-state index in [0.717, 1.165) is 10.9 Å². The minimum Gasteiger partial charge on any atom is -0.256 e. The summed E-state index contributed by atoms with van der Waals surface area (Å²) in [4.78, 5) is 4.12. The lowest BCUT2D eigenvalue weighted by Gasteiger charge is -2.01. The normalized spacial score (nSPS) is 9.77. The van der Waals surface area contributed by atoms with Crippen molar-refractivity contribution in [1.82, 2.24) is 4.98 Å². The second-order valence-electron chi connectivity index (χ2n) is 2.71. The fourth-order valence-electron chi connectivity index (χ4n) is 1.29. The van der Waals surface area contributed by atoms with E-state index in [2.05, 4.69) is 11.1 Å². The molecule has 0 spiro atoms. The first kappa shape index (κ1) is 7.81. The molecule has 3 heteroatoms. The Labute approximate surface area is 77.2 Å². The van der Waals surface area contributed by atoms with Crippen LogP contribution in [-0.4, -0.2) is 12.8 Å². The maximum atomic E-state index is 8.86. The van der Waals surface area contributed by atoms with Crippen LogP contribution in [0.25, 0.3) is 10.9 Å². The Morgan fingerprint density at radius 2 is 2.15 bits per heavy atom. The second kappa shape index (κ2) is 2.91. The van der Waals surface area contributed by atoms with Gasteiger partial charge in [0.15, 0.2) is 0 Å². The van der Waals surface area contributed by atoms with Gasteiger partial charge in [0.05, 0.1) is 17.1 Å². The van der Waals surface area contributed by atoms with Gasteiger partial charge in [0.1, 0.15) is 7.85 Å². The maximum absolute atomic E-state index is 8.86. The van der Waals surface area contributed by atoms with Crippen LogP contribution in [0.5, 0.6) is 0 Å². The van der Waals surface area contributed by atoms with E-state index in [1.807, 2.05) is 12.1 Å². The quantitative estimate of drug-likeness (QED) is 0.542. The maximum Gasteiger partial charge on any atom is 0.115 e. The molecule has 2 aromatic rings. The SMILES string of the molecule is [B]c1ccc2ncccc2c1C#N. The molecular formula is C10H5BN2. The molecule has 0 fully saturated rings. The molecule has 2 radical (unpaired) electrons. The highest BCUT2D eigenvalue weighted by molar-refractivity contribution is 6.35. The summed E-state index contributed by atoms with van der Waals surface area (Å²) in [6.07, 6.45) is 1.69. The van der Waals surface area contributed by atoms with Crippen molar-refractivity contribution >= 4 is 24.2 Å². The Balaban J connectivity index is 2.94. The minimum atomic E-state index is 0.503. The highest BCUT2D eigenvalue weighted by atomic mass is 14.6. The molecule has 0 bridgehead atoms. The van der Waals surface area contributed by atoms with Crippen molar-refractivity contribution in [1.29, 1.82) is 5.26 Å². The number of fused-ring (bicyclic) bond motifs is 1. The molecule has 1 aromatic heterocycles. The smallest absolute Gasteiger partial charge is 0.115 e. The summed E-state index contributed by atoms with van der Waals surface area (Å²) in [5.41, 5.74) is 1.81. The monoisotopic (exact) mass is 164 g/mol. The molecule has 58 valence electrons. The van der Waals surface area contributed by atoms with Crippen molar-refractivity contribution in [3.63, 3.8) is 0 Å². The Bertz CT molecular complexity index is 500. The molecule has 13 heavy (non-hydrogen) atoms. The Morgan fingerprint density at radius 3 is 2.92 bits per heavy atom. The highest BCUT2D eigenvalue weighted by Gasteiger charge is 2.02.